The van der Waals surface area contributed by atoms with Gasteiger partial charge in [0.05, 0.1) is 16.0 Å². The molecule has 0 atom stereocenters. The molecule has 0 unspecified atom stereocenters. The van der Waals surface area contributed by atoms with Gasteiger partial charge >= 0.3 is 0 Å². The zero-order chi connectivity index (χ0) is 22.6. The third-order valence-electron chi connectivity index (χ3n) is 6.19. The number of amides is 1. The first-order valence-electron chi connectivity index (χ1n) is 10.8. The number of carbonyl (C=O) groups is 1. The molecule has 1 aliphatic rings. The summed E-state index contributed by atoms with van der Waals surface area (Å²) in [6.07, 6.45) is 4.85. The maximum atomic E-state index is 13.5. The molecule has 2 N–H and O–H groups in total. The third kappa shape index (κ3) is 4.45. The largest absolute Gasteiger partial charge is 0.310 e. The minimum atomic E-state index is -3.49. The number of benzene rings is 2. The number of nitrogens with zero attached hydrogens (tertiary/aromatic N) is 1. The van der Waals surface area contributed by atoms with Gasteiger partial charge in [0.15, 0.2) is 0 Å². The van der Waals surface area contributed by atoms with Crippen LogP contribution in [-0.4, -0.2) is 26.4 Å². The molecule has 0 spiro atoms. The lowest BCUT2D eigenvalue weighted by molar-refractivity contribution is -0.122. The Morgan fingerprint density at radius 2 is 1.56 bits per heavy atom. The van der Waals surface area contributed by atoms with Crippen LogP contribution in [0.5, 0.6) is 0 Å². The summed E-state index contributed by atoms with van der Waals surface area (Å²) >= 11 is 0. The quantitative estimate of drug-likeness (QED) is 0.580. The van der Waals surface area contributed by atoms with Crippen LogP contribution < -0.4 is 10.0 Å². The summed E-state index contributed by atoms with van der Waals surface area (Å²) in [5, 5.41) is 3.05. The molecular formula is C25H27N3O3S. The molecule has 3 aromatic rings. The molecule has 0 aliphatic heterocycles. The van der Waals surface area contributed by atoms with Gasteiger partial charge in [0.25, 0.3) is 0 Å². The summed E-state index contributed by atoms with van der Waals surface area (Å²) in [7, 11) is -2.11. The Morgan fingerprint density at radius 3 is 2.22 bits per heavy atom. The summed E-state index contributed by atoms with van der Waals surface area (Å²) in [6.45, 7) is 0. The van der Waals surface area contributed by atoms with Crippen molar-refractivity contribution in [3.05, 3.63) is 78.4 Å². The van der Waals surface area contributed by atoms with Crippen LogP contribution in [0.3, 0.4) is 0 Å². The van der Waals surface area contributed by atoms with Gasteiger partial charge in [0, 0.05) is 5.56 Å². The monoisotopic (exact) mass is 449 g/mol. The van der Waals surface area contributed by atoms with Crippen LogP contribution in [0, 0.1) is 0 Å². The average molecular weight is 450 g/mol. The Balaban J connectivity index is 1.59. The van der Waals surface area contributed by atoms with E-state index in [0.717, 1.165) is 43.2 Å². The maximum absolute atomic E-state index is 13.5. The van der Waals surface area contributed by atoms with Gasteiger partial charge < -0.3 is 5.32 Å². The van der Waals surface area contributed by atoms with Gasteiger partial charge in [-0.25, -0.2) is 18.1 Å². The van der Waals surface area contributed by atoms with E-state index < -0.39 is 15.4 Å². The lowest BCUT2D eigenvalue weighted by atomic mass is 9.68. The maximum Gasteiger partial charge on any atom is 0.240 e. The van der Waals surface area contributed by atoms with Gasteiger partial charge in [0.1, 0.15) is 5.82 Å². The summed E-state index contributed by atoms with van der Waals surface area (Å²) in [5.74, 6) is 0.462. The minimum Gasteiger partial charge on any atom is -0.310 e. The summed E-state index contributed by atoms with van der Waals surface area (Å²) in [6, 6.07) is 22.0. The van der Waals surface area contributed by atoms with Crippen molar-refractivity contribution in [2.24, 2.45) is 0 Å². The highest BCUT2D eigenvalue weighted by Crippen LogP contribution is 2.40. The van der Waals surface area contributed by atoms with Crippen LogP contribution in [0.2, 0.25) is 0 Å². The zero-order valence-electron chi connectivity index (χ0n) is 18.0. The number of hydrogen-bond donors (Lipinski definition) is 2. The van der Waals surface area contributed by atoms with Crippen LogP contribution in [-0.2, 0) is 20.2 Å². The van der Waals surface area contributed by atoms with Crippen molar-refractivity contribution in [3.63, 3.8) is 0 Å². The van der Waals surface area contributed by atoms with E-state index in [4.69, 9.17) is 0 Å². The van der Waals surface area contributed by atoms with E-state index in [1.165, 1.54) is 7.05 Å². The molecule has 0 bridgehead atoms. The van der Waals surface area contributed by atoms with Crippen molar-refractivity contribution < 1.29 is 13.2 Å². The van der Waals surface area contributed by atoms with Crippen molar-refractivity contribution in [2.45, 2.75) is 42.4 Å². The van der Waals surface area contributed by atoms with E-state index in [9.17, 15) is 13.2 Å². The van der Waals surface area contributed by atoms with Gasteiger partial charge in [-0.1, -0.05) is 67.8 Å². The van der Waals surface area contributed by atoms with Crippen molar-refractivity contribution in [3.8, 4) is 11.3 Å². The number of pyridine rings is 1. The second kappa shape index (κ2) is 9.22. The Morgan fingerprint density at radius 1 is 0.875 bits per heavy atom. The summed E-state index contributed by atoms with van der Waals surface area (Å²) in [4.78, 5) is 18.3. The average Bonchev–Trinajstić information content (AvgIpc) is 2.85. The van der Waals surface area contributed by atoms with Crippen molar-refractivity contribution in [1.82, 2.24) is 9.71 Å². The highest BCUT2D eigenvalue weighted by Gasteiger charge is 2.41. The van der Waals surface area contributed by atoms with E-state index in [1.54, 1.807) is 30.3 Å². The Bertz CT molecular complexity index is 1190. The topological polar surface area (TPSA) is 88.2 Å². The first kappa shape index (κ1) is 22.2. The van der Waals surface area contributed by atoms with E-state index in [1.807, 2.05) is 42.5 Å². The molecular weight excluding hydrogens is 422 g/mol. The fraction of sp³-hybridized carbons (Fsp3) is 0.280. The molecule has 1 heterocycles. The number of aromatic nitrogens is 1. The summed E-state index contributed by atoms with van der Waals surface area (Å²) in [5.41, 5.74) is 1.94. The number of sulfonamides is 1. The van der Waals surface area contributed by atoms with E-state index in [-0.39, 0.29) is 10.8 Å². The predicted octanol–water partition coefficient (Wildman–Crippen LogP) is 4.50. The van der Waals surface area contributed by atoms with Gasteiger partial charge in [-0.05, 0) is 49.7 Å². The molecule has 1 fully saturated rings. The van der Waals surface area contributed by atoms with Gasteiger partial charge in [-0.3, -0.25) is 4.79 Å². The number of carbonyl (C=O) groups excluding carboxylic acids is 1. The second-order valence-corrected chi connectivity index (χ2v) is 9.99. The molecule has 1 aliphatic carbocycles. The molecule has 166 valence electrons. The first-order valence-corrected chi connectivity index (χ1v) is 12.3. The van der Waals surface area contributed by atoms with Crippen LogP contribution in [0.15, 0.2) is 77.7 Å². The number of rotatable bonds is 6. The van der Waals surface area contributed by atoms with Crippen molar-refractivity contribution in [1.29, 1.82) is 0 Å². The molecule has 1 aromatic heterocycles. The third-order valence-corrected chi connectivity index (χ3v) is 7.62. The van der Waals surface area contributed by atoms with Crippen LogP contribution in [0.4, 0.5) is 5.82 Å². The molecule has 1 amide bonds. The van der Waals surface area contributed by atoms with Crippen LogP contribution >= 0.6 is 0 Å². The number of nitrogens with one attached hydrogen (secondary N) is 2. The predicted molar refractivity (Wildman–Crippen MR) is 126 cm³/mol. The van der Waals surface area contributed by atoms with E-state index in [0.29, 0.717) is 11.5 Å². The number of hydrogen-bond acceptors (Lipinski definition) is 4. The lowest BCUT2D eigenvalue weighted by Gasteiger charge is -2.36. The van der Waals surface area contributed by atoms with Gasteiger partial charge in [0.2, 0.25) is 15.9 Å². The Hall–Kier alpha value is -3.03. The molecule has 2 aromatic carbocycles. The number of anilines is 1. The lowest BCUT2D eigenvalue weighted by Crippen LogP contribution is -2.42. The van der Waals surface area contributed by atoms with Gasteiger partial charge in [-0.15, -0.1) is 0 Å². The fourth-order valence-electron chi connectivity index (χ4n) is 4.38. The molecule has 32 heavy (non-hydrogen) atoms. The Kier molecular flexibility index (Phi) is 6.39. The van der Waals surface area contributed by atoms with E-state index >= 15 is 0 Å². The van der Waals surface area contributed by atoms with Gasteiger partial charge in [-0.2, -0.15) is 0 Å². The highest BCUT2D eigenvalue weighted by molar-refractivity contribution is 7.89. The fourth-order valence-corrected chi connectivity index (χ4v) is 5.11. The Labute approximate surface area is 189 Å². The zero-order valence-corrected chi connectivity index (χ0v) is 18.9. The van der Waals surface area contributed by atoms with Crippen LogP contribution in [0.1, 0.15) is 37.7 Å². The normalized spacial score (nSPS) is 15.8. The van der Waals surface area contributed by atoms with Crippen molar-refractivity contribution >= 4 is 21.7 Å². The second-order valence-electron chi connectivity index (χ2n) is 8.10. The van der Waals surface area contributed by atoms with Crippen LogP contribution in [0.25, 0.3) is 11.3 Å². The first-order chi connectivity index (χ1) is 15.4. The molecule has 6 nitrogen and oxygen atoms in total. The van der Waals surface area contributed by atoms with Crippen molar-refractivity contribution in [2.75, 3.05) is 12.4 Å². The highest BCUT2D eigenvalue weighted by atomic mass is 32.2. The smallest absolute Gasteiger partial charge is 0.240 e. The molecule has 1 saturated carbocycles. The van der Waals surface area contributed by atoms with E-state index in [2.05, 4.69) is 15.0 Å². The molecule has 7 heteroatoms. The summed E-state index contributed by atoms with van der Waals surface area (Å²) < 4.78 is 26.2. The SMILES string of the molecule is CNS(=O)(=O)c1ccc(-c2cccc(NC(=O)C3(c4ccccc4)CCCCC3)n2)cc1. The molecule has 4 rings (SSSR count). The molecule has 0 saturated heterocycles. The standard InChI is InChI=1S/C25H27N3O3S/c1-26-32(30,31)21-15-13-19(14-16-21)22-11-8-12-23(27-22)28-24(29)25(17-6-3-7-18-25)20-9-4-2-5-10-20/h2,4-5,8-16,26H,3,6-7,17-18H2,1H3,(H,27,28,29). The minimum absolute atomic E-state index is 0.0245. The molecule has 0 radical (unpaired) electrons.